The first kappa shape index (κ1) is 18.4. The van der Waals surface area contributed by atoms with E-state index in [0.717, 1.165) is 23.5 Å². The van der Waals surface area contributed by atoms with Crippen LogP contribution in [0.2, 0.25) is 0 Å². The minimum Gasteiger partial charge on any atom is -0.406 e. The van der Waals surface area contributed by atoms with Crippen LogP contribution in [-0.2, 0) is 13.6 Å². The van der Waals surface area contributed by atoms with E-state index < -0.39 is 12.3 Å². The smallest absolute Gasteiger partial charge is 0.406 e. The maximum Gasteiger partial charge on any atom is 0.573 e. The summed E-state index contributed by atoms with van der Waals surface area (Å²) in [5.74, 6) is -0.817. The number of amides is 1. The van der Waals surface area contributed by atoms with Crippen LogP contribution in [-0.4, -0.2) is 27.0 Å². The summed E-state index contributed by atoms with van der Waals surface area (Å²) in [4.78, 5) is 16.4. The molecule has 0 aliphatic heterocycles. The lowest BCUT2D eigenvalue weighted by Crippen LogP contribution is -2.23. The number of aryl methyl sites for hydroxylation is 1. The van der Waals surface area contributed by atoms with Crippen molar-refractivity contribution in [3.05, 3.63) is 66.0 Å². The second-order valence-corrected chi connectivity index (χ2v) is 5.61. The Balaban J connectivity index is 1.63. The van der Waals surface area contributed by atoms with Gasteiger partial charge in [-0.05, 0) is 42.5 Å². The van der Waals surface area contributed by atoms with E-state index in [0.29, 0.717) is 5.69 Å². The summed E-state index contributed by atoms with van der Waals surface area (Å²) in [5.41, 5.74) is 2.40. The summed E-state index contributed by atoms with van der Waals surface area (Å²) in [5, 5.41) is 7.00. The lowest BCUT2D eigenvalue weighted by molar-refractivity contribution is -0.274. The Morgan fingerprint density at radius 1 is 1.19 bits per heavy atom. The molecule has 3 rings (SSSR count). The normalized spacial score (nSPS) is 11.3. The fourth-order valence-electron chi connectivity index (χ4n) is 2.45. The number of carbonyl (C=O) groups excluding carboxylic acids is 1. The van der Waals surface area contributed by atoms with Crippen molar-refractivity contribution in [3.63, 3.8) is 0 Å². The van der Waals surface area contributed by atoms with Gasteiger partial charge in [-0.2, -0.15) is 5.10 Å². The van der Waals surface area contributed by atoms with Gasteiger partial charge in [0.2, 0.25) is 0 Å². The van der Waals surface area contributed by atoms with Gasteiger partial charge in [0, 0.05) is 18.8 Å². The Bertz CT molecular complexity index is 922. The molecule has 0 radical (unpaired) electrons. The molecular formula is C18H15F3N4O2. The topological polar surface area (TPSA) is 69.0 Å². The van der Waals surface area contributed by atoms with Crippen LogP contribution in [0, 0.1) is 0 Å². The lowest BCUT2D eigenvalue weighted by atomic mass is 10.2. The molecule has 0 fully saturated rings. The van der Waals surface area contributed by atoms with E-state index in [1.807, 2.05) is 24.3 Å². The highest BCUT2D eigenvalue weighted by atomic mass is 19.4. The van der Waals surface area contributed by atoms with Crippen LogP contribution >= 0.6 is 0 Å². The zero-order chi connectivity index (χ0) is 19.4. The van der Waals surface area contributed by atoms with Crippen LogP contribution in [0.1, 0.15) is 16.1 Å². The Morgan fingerprint density at radius 2 is 1.93 bits per heavy atom. The van der Waals surface area contributed by atoms with E-state index >= 15 is 0 Å². The average molecular weight is 376 g/mol. The SMILES string of the molecule is Cn1nc(CNC(=O)c2ccc(OC(F)(F)F)cc2)cc1-c1ccccn1. The summed E-state index contributed by atoms with van der Waals surface area (Å²) in [7, 11) is 1.77. The standard InChI is InChI=1S/C18H15F3N4O2/c1-25-16(15-4-2-3-9-22-15)10-13(24-25)11-23-17(26)12-5-7-14(8-6-12)27-18(19,20)21/h2-10H,11H2,1H3,(H,23,26). The molecule has 27 heavy (non-hydrogen) atoms. The number of benzene rings is 1. The van der Waals surface area contributed by atoms with Crippen LogP contribution < -0.4 is 10.1 Å². The highest BCUT2D eigenvalue weighted by molar-refractivity contribution is 5.94. The largest absolute Gasteiger partial charge is 0.573 e. The van der Waals surface area contributed by atoms with E-state index in [1.54, 1.807) is 17.9 Å². The van der Waals surface area contributed by atoms with Crippen LogP contribution in [0.3, 0.4) is 0 Å². The second kappa shape index (κ2) is 7.48. The molecule has 1 N–H and O–H groups in total. The molecule has 6 nitrogen and oxygen atoms in total. The Labute approximate surface area is 152 Å². The van der Waals surface area contributed by atoms with Crippen molar-refractivity contribution in [1.82, 2.24) is 20.1 Å². The first-order valence-corrected chi connectivity index (χ1v) is 7.90. The van der Waals surface area contributed by atoms with Crippen molar-refractivity contribution in [3.8, 4) is 17.1 Å². The van der Waals surface area contributed by atoms with Crippen molar-refractivity contribution in [2.75, 3.05) is 0 Å². The van der Waals surface area contributed by atoms with Gasteiger partial charge in [0.05, 0.1) is 23.6 Å². The third-order valence-electron chi connectivity index (χ3n) is 3.64. The van der Waals surface area contributed by atoms with Crippen molar-refractivity contribution in [2.24, 2.45) is 7.05 Å². The van der Waals surface area contributed by atoms with Crippen molar-refractivity contribution < 1.29 is 22.7 Å². The van der Waals surface area contributed by atoms with Gasteiger partial charge in [-0.15, -0.1) is 13.2 Å². The molecule has 1 aromatic carbocycles. The summed E-state index contributed by atoms with van der Waals surface area (Å²) >= 11 is 0. The molecule has 2 heterocycles. The first-order valence-electron chi connectivity index (χ1n) is 7.90. The minimum atomic E-state index is -4.77. The Hall–Kier alpha value is -3.36. The summed E-state index contributed by atoms with van der Waals surface area (Å²) in [6.45, 7) is 0.167. The number of aromatic nitrogens is 3. The number of halogens is 3. The summed E-state index contributed by atoms with van der Waals surface area (Å²) < 4.78 is 41.9. The maximum atomic E-state index is 12.2. The molecule has 0 atom stereocenters. The zero-order valence-corrected chi connectivity index (χ0v) is 14.2. The van der Waals surface area contributed by atoms with Crippen LogP contribution in [0.25, 0.3) is 11.4 Å². The van der Waals surface area contributed by atoms with Crippen molar-refractivity contribution >= 4 is 5.91 Å². The minimum absolute atomic E-state index is 0.167. The highest BCUT2D eigenvalue weighted by Gasteiger charge is 2.31. The molecule has 140 valence electrons. The number of pyridine rings is 1. The Kier molecular flexibility index (Phi) is 5.11. The van der Waals surface area contributed by atoms with Gasteiger partial charge in [0.15, 0.2) is 0 Å². The number of hydrogen-bond acceptors (Lipinski definition) is 4. The number of rotatable bonds is 5. The van der Waals surface area contributed by atoms with Gasteiger partial charge in [-0.3, -0.25) is 14.5 Å². The van der Waals surface area contributed by atoms with Crippen LogP contribution in [0.15, 0.2) is 54.7 Å². The molecule has 1 amide bonds. The van der Waals surface area contributed by atoms with E-state index in [1.165, 1.54) is 12.1 Å². The van der Waals surface area contributed by atoms with Crippen LogP contribution in [0.4, 0.5) is 13.2 Å². The lowest BCUT2D eigenvalue weighted by Gasteiger charge is -2.09. The molecule has 0 saturated carbocycles. The summed E-state index contributed by atoms with van der Waals surface area (Å²) in [6, 6.07) is 12.0. The fraction of sp³-hybridized carbons (Fsp3) is 0.167. The van der Waals surface area contributed by atoms with E-state index in [-0.39, 0.29) is 17.9 Å². The predicted octanol–water partition coefficient (Wildman–Crippen LogP) is 3.31. The molecule has 0 aliphatic rings. The van der Waals surface area contributed by atoms with Gasteiger partial charge in [0.25, 0.3) is 5.91 Å². The molecule has 9 heteroatoms. The number of carbonyl (C=O) groups is 1. The molecule has 2 aromatic heterocycles. The monoisotopic (exact) mass is 376 g/mol. The van der Waals surface area contributed by atoms with Gasteiger partial charge in [-0.25, -0.2) is 0 Å². The van der Waals surface area contributed by atoms with E-state index in [2.05, 4.69) is 20.1 Å². The van der Waals surface area contributed by atoms with Gasteiger partial charge >= 0.3 is 6.36 Å². The number of hydrogen-bond donors (Lipinski definition) is 1. The quantitative estimate of drug-likeness (QED) is 0.742. The fourth-order valence-corrected chi connectivity index (χ4v) is 2.45. The van der Waals surface area contributed by atoms with Gasteiger partial charge < -0.3 is 10.1 Å². The molecular weight excluding hydrogens is 361 g/mol. The van der Waals surface area contributed by atoms with Crippen LogP contribution in [0.5, 0.6) is 5.75 Å². The Morgan fingerprint density at radius 3 is 2.56 bits per heavy atom. The van der Waals surface area contributed by atoms with Crippen molar-refractivity contribution in [2.45, 2.75) is 12.9 Å². The van der Waals surface area contributed by atoms with Gasteiger partial charge in [0.1, 0.15) is 5.75 Å². The molecule has 0 saturated heterocycles. The van der Waals surface area contributed by atoms with Crippen molar-refractivity contribution in [1.29, 1.82) is 0 Å². The number of ether oxygens (including phenoxy) is 1. The third-order valence-corrected chi connectivity index (χ3v) is 3.64. The average Bonchev–Trinajstić information content (AvgIpc) is 3.00. The van der Waals surface area contributed by atoms with E-state index in [9.17, 15) is 18.0 Å². The molecule has 0 unspecified atom stereocenters. The highest BCUT2D eigenvalue weighted by Crippen LogP contribution is 2.22. The van der Waals surface area contributed by atoms with Gasteiger partial charge in [-0.1, -0.05) is 6.07 Å². The third kappa shape index (κ3) is 4.84. The number of nitrogens with one attached hydrogen (secondary N) is 1. The number of alkyl halides is 3. The molecule has 3 aromatic rings. The second-order valence-electron chi connectivity index (χ2n) is 5.61. The number of nitrogens with zero attached hydrogens (tertiary/aromatic N) is 3. The maximum absolute atomic E-state index is 12.2. The zero-order valence-electron chi connectivity index (χ0n) is 14.2. The van der Waals surface area contributed by atoms with E-state index in [4.69, 9.17) is 0 Å². The molecule has 0 spiro atoms. The first-order chi connectivity index (χ1) is 12.8. The summed E-state index contributed by atoms with van der Waals surface area (Å²) in [6.07, 6.45) is -3.09. The predicted molar refractivity (Wildman–Crippen MR) is 90.7 cm³/mol. The molecule has 0 aliphatic carbocycles. The molecule has 0 bridgehead atoms.